The van der Waals surface area contributed by atoms with Gasteiger partial charge in [0.05, 0.1) is 5.69 Å². The van der Waals surface area contributed by atoms with Gasteiger partial charge in [-0.15, -0.1) is 11.8 Å². The van der Waals surface area contributed by atoms with Crippen molar-refractivity contribution in [2.75, 3.05) is 11.6 Å². The Morgan fingerprint density at radius 1 is 1.21 bits per heavy atom. The number of rotatable bonds is 3. The molecule has 0 unspecified atom stereocenters. The van der Waals surface area contributed by atoms with E-state index >= 15 is 0 Å². The fourth-order valence-corrected chi connectivity index (χ4v) is 2.18. The molecule has 2 aromatic carbocycles. The molecule has 0 spiro atoms. The van der Waals surface area contributed by atoms with E-state index in [0.717, 1.165) is 10.5 Å². The van der Waals surface area contributed by atoms with Gasteiger partial charge in [0.2, 0.25) is 0 Å². The Bertz CT molecular complexity index is 611. The summed E-state index contributed by atoms with van der Waals surface area (Å²) in [6.07, 6.45) is 1.97. The molecule has 0 aliphatic carbocycles. The Labute approximate surface area is 116 Å². The Kier molecular flexibility index (Phi) is 4.12. The number of para-hydroxylation sites is 2. The van der Waals surface area contributed by atoms with Crippen molar-refractivity contribution in [2.45, 2.75) is 11.8 Å². The largest absolute Gasteiger partial charge is 0.506 e. The number of aromatic hydroxyl groups is 1. The monoisotopic (exact) mass is 273 g/mol. The summed E-state index contributed by atoms with van der Waals surface area (Å²) >= 11 is 1.59. The summed E-state index contributed by atoms with van der Waals surface area (Å²) in [5.74, 6) is -0.149. The SMILES string of the molecule is CSc1ccc(C)c(C(=O)Nc2ccccc2O)c1. The van der Waals surface area contributed by atoms with E-state index in [1.807, 2.05) is 31.4 Å². The van der Waals surface area contributed by atoms with Crippen LogP contribution in [-0.4, -0.2) is 17.3 Å². The molecule has 0 saturated carbocycles. The molecule has 0 saturated heterocycles. The first-order valence-corrected chi connectivity index (χ1v) is 7.08. The normalized spacial score (nSPS) is 10.2. The quantitative estimate of drug-likeness (QED) is 0.662. The lowest BCUT2D eigenvalue weighted by atomic mass is 10.1. The molecular formula is C15H15NO2S. The third-order valence-corrected chi connectivity index (χ3v) is 3.57. The maximum absolute atomic E-state index is 12.2. The molecule has 0 fully saturated rings. The van der Waals surface area contributed by atoms with Gasteiger partial charge < -0.3 is 10.4 Å². The van der Waals surface area contributed by atoms with Crippen molar-refractivity contribution < 1.29 is 9.90 Å². The number of phenolic OH excluding ortho intramolecular Hbond substituents is 1. The molecule has 3 nitrogen and oxygen atoms in total. The number of benzene rings is 2. The molecule has 2 N–H and O–H groups in total. The van der Waals surface area contributed by atoms with Crippen molar-refractivity contribution in [2.24, 2.45) is 0 Å². The van der Waals surface area contributed by atoms with E-state index in [9.17, 15) is 9.90 Å². The summed E-state index contributed by atoms with van der Waals surface area (Å²) in [4.78, 5) is 13.3. The molecule has 4 heteroatoms. The third-order valence-electron chi connectivity index (χ3n) is 2.84. The molecule has 19 heavy (non-hydrogen) atoms. The van der Waals surface area contributed by atoms with Gasteiger partial charge in [-0.3, -0.25) is 4.79 Å². The van der Waals surface area contributed by atoms with Gasteiger partial charge >= 0.3 is 0 Å². The van der Waals surface area contributed by atoms with Gasteiger partial charge in [-0.25, -0.2) is 0 Å². The highest BCUT2D eigenvalue weighted by atomic mass is 32.2. The smallest absolute Gasteiger partial charge is 0.256 e. The average Bonchev–Trinajstić information content (AvgIpc) is 2.42. The number of amides is 1. The predicted molar refractivity (Wildman–Crippen MR) is 79.0 cm³/mol. The van der Waals surface area contributed by atoms with Crippen LogP contribution in [0, 0.1) is 6.92 Å². The van der Waals surface area contributed by atoms with Crippen LogP contribution in [0.15, 0.2) is 47.4 Å². The number of hydrogen-bond acceptors (Lipinski definition) is 3. The summed E-state index contributed by atoms with van der Waals surface area (Å²) < 4.78 is 0. The molecule has 2 rings (SSSR count). The van der Waals surface area contributed by atoms with Crippen LogP contribution in [0.3, 0.4) is 0 Å². The molecule has 0 atom stereocenters. The van der Waals surface area contributed by atoms with E-state index in [0.29, 0.717) is 11.3 Å². The highest BCUT2D eigenvalue weighted by Crippen LogP contribution is 2.24. The summed E-state index contributed by atoms with van der Waals surface area (Å²) in [7, 11) is 0. The Balaban J connectivity index is 2.28. The van der Waals surface area contributed by atoms with Crippen molar-refractivity contribution in [3.8, 4) is 5.75 Å². The predicted octanol–water partition coefficient (Wildman–Crippen LogP) is 3.67. The number of aryl methyl sites for hydroxylation is 1. The maximum Gasteiger partial charge on any atom is 0.256 e. The zero-order valence-corrected chi connectivity index (χ0v) is 11.6. The van der Waals surface area contributed by atoms with Crippen LogP contribution in [-0.2, 0) is 0 Å². The van der Waals surface area contributed by atoms with Gasteiger partial charge in [-0.2, -0.15) is 0 Å². The summed E-state index contributed by atoms with van der Waals surface area (Å²) in [6, 6.07) is 12.4. The van der Waals surface area contributed by atoms with Crippen LogP contribution < -0.4 is 5.32 Å². The fourth-order valence-electron chi connectivity index (χ4n) is 1.74. The van der Waals surface area contributed by atoms with Crippen LogP contribution in [0.2, 0.25) is 0 Å². The lowest BCUT2D eigenvalue weighted by molar-refractivity contribution is 0.102. The minimum Gasteiger partial charge on any atom is -0.506 e. The summed E-state index contributed by atoms with van der Waals surface area (Å²) in [6.45, 7) is 1.89. The van der Waals surface area contributed by atoms with Gasteiger partial charge in [0.15, 0.2) is 0 Å². The first kappa shape index (κ1) is 13.5. The Morgan fingerprint density at radius 3 is 2.63 bits per heavy atom. The van der Waals surface area contributed by atoms with Gasteiger partial charge in [-0.1, -0.05) is 18.2 Å². The second kappa shape index (κ2) is 5.80. The zero-order valence-electron chi connectivity index (χ0n) is 10.8. The second-order valence-corrected chi connectivity index (χ2v) is 5.03. The number of phenols is 1. The fraction of sp³-hybridized carbons (Fsp3) is 0.133. The van der Waals surface area contributed by atoms with Crippen molar-refractivity contribution in [1.29, 1.82) is 0 Å². The van der Waals surface area contributed by atoms with Gasteiger partial charge in [0, 0.05) is 10.5 Å². The molecule has 0 aliphatic heterocycles. The molecule has 0 bridgehead atoms. The molecule has 1 amide bonds. The lowest BCUT2D eigenvalue weighted by Crippen LogP contribution is -2.13. The number of anilines is 1. The number of hydrogen-bond donors (Lipinski definition) is 2. The molecule has 0 aliphatic rings. The molecule has 0 aromatic heterocycles. The van der Waals surface area contributed by atoms with Crippen LogP contribution in [0.4, 0.5) is 5.69 Å². The second-order valence-electron chi connectivity index (χ2n) is 4.15. The van der Waals surface area contributed by atoms with Crippen molar-refractivity contribution in [3.63, 3.8) is 0 Å². The van der Waals surface area contributed by atoms with Crippen LogP contribution in [0.5, 0.6) is 5.75 Å². The van der Waals surface area contributed by atoms with Crippen molar-refractivity contribution >= 4 is 23.4 Å². The van der Waals surface area contributed by atoms with Gasteiger partial charge in [0.25, 0.3) is 5.91 Å². The Morgan fingerprint density at radius 2 is 1.95 bits per heavy atom. The van der Waals surface area contributed by atoms with E-state index in [-0.39, 0.29) is 11.7 Å². The first-order valence-electron chi connectivity index (χ1n) is 5.86. The van der Waals surface area contributed by atoms with E-state index < -0.39 is 0 Å². The first-order chi connectivity index (χ1) is 9.11. The summed E-state index contributed by atoms with van der Waals surface area (Å²) in [5, 5.41) is 12.4. The van der Waals surface area contributed by atoms with Gasteiger partial charge in [0.1, 0.15) is 5.75 Å². The Hall–Kier alpha value is -1.94. The highest BCUT2D eigenvalue weighted by Gasteiger charge is 2.11. The summed E-state index contributed by atoms with van der Waals surface area (Å²) in [5.41, 5.74) is 1.95. The number of carbonyl (C=O) groups excluding carboxylic acids is 1. The zero-order chi connectivity index (χ0) is 13.8. The van der Waals surface area contributed by atoms with E-state index in [1.54, 1.807) is 36.0 Å². The maximum atomic E-state index is 12.2. The molecule has 0 heterocycles. The molecule has 98 valence electrons. The minimum absolute atomic E-state index is 0.0644. The molecular weight excluding hydrogens is 258 g/mol. The van der Waals surface area contributed by atoms with Crippen molar-refractivity contribution in [1.82, 2.24) is 0 Å². The van der Waals surface area contributed by atoms with E-state index in [2.05, 4.69) is 5.32 Å². The van der Waals surface area contributed by atoms with Crippen LogP contribution >= 0.6 is 11.8 Å². The topological polar surface area (TPSA) is 49.3 Å². The number of nitrogens with one attached hydrogen (secondary N) is 1. The number of carbonyl (C=O) groups is 1. The van der Waals surface area contributed by atoms with Crippen LogP contribution in [0.25, 0.3) is 0 Å². The minimum atomic E-state index is -0.213. The molecule has 0 radical (unpaired) electrons. The van der Waals surface area contributed by atoms with Crippen molar-refractivity contribution in [3.05, 3.63) is 53.6 Å². The van der Waals surface area contributed by atoms with Crippen LogP contribution in [0.1, 0.15) is 15.9 Å². The van der Waals surface area contributed by atoms with E-state index in [4.69, 9.17) is 0 Å². The van der Waals surface area contributed by atoms with Gasteiger partial charge in [-0.05, 0) is 43.0 Å². The third kappa shape index (κ3) is 3.09. The number of thioether (sulfide) groups is 1. The highest BCUT2D eigenvalue weighted by molar-refractivity contribution is 7.98. The standard InChI is InChI=1S/C15H15NO2S/c1-10-7-8-11(19-2)9-12(10)15(18)16-13-5-3-4-6-14(13)17/h3-9,17H,1-2H3,(H,16,18). The lowest BCUT2D eigenvalue weighted by Gasteiger charge is -2.10. The molecule has 2 aromatic rings. The van der Waals surface area contributed by atoms with E-state index in [1.165, 1.54) is 0 Å². The average molecular weight is 273 g/mol.